The fourth-order valence-electron chi connectivity index (χ4n) is 6.27. The fraction of sp³-hybridized carbons (Fsp3) is 0.500. The van der Waals surface area contributed by atoms with Crippen LogP contribution in [0.2, 0.25) is 0 Å². The van der Waals surface area contributed by atoms with E-state index in [-0.39, 0.29) is 34.6 Å². The summed E-state index contributed by atoms with van der Waals surface area (Å²) in [7, 11) is -3.58. The first kappa shape index (κ1) is 29.3. The number of rotatable bonds is 8. The number of nitrogens with zero attached hydrogens (tertiary/aromatic N) is 2. The van der Waals surface area contributed by atoms with Crippen molar-refractivity contribution in [2.75, 3.05) is 18.8 Å². The Kier molecular flexibility index (Phi) is 8.91. The number of sulfone groups is 1. The van der Waals surface area contributed by atoms with E-state index in [0.717, 1.165) is 25.1 Å². The molecule has 0 aromatic heterocycles. The number of alkyl halides is 3. The van der Waals surface area contributed by atoms with E-state index >= 15 is 0 Å². The Morgan fingerprint density at radius 3 is 2.38 bits per heavy atom. The Balaban J connectivity index is 1.60. The van der Waals surface area contributed by atoms with Gasteiger partial charge in [-0.3, -0.25) is 9.69 Å². The summed E-state index contributed by atoms with van der Waals surface area (Å²) in [5.74, 6) is -0.577. The predicted molar refractivity (Wildman–Crippen MR) is 147 cm³/mol. The first-order valence-electron chi connectivity index (χ1n) is 13.6. The molecule has 0 bridgehead atoms. The average molecular weight is 563 g/mol. The van der Waals surface area contributed by atoms with Crippen LogP contribution < -0.4 is 0 Å². The van der Waals surface area contributed by atoms with Crippen molar-refractivity contribution in [1.29, 1.82) is 0 Å². The minimum atomic E-state index is -4.46. The molecule has 212 valence electrons. The van der Waals surface area contributed by atoms with Gasteiger partial charge in [0.15, 0.2) is 9.84 Å². The predicted octanol–water partition coefficient (Wildman–Crippen LogP) is 6.06. The van der Waals surface area contributed by atoms with Crippen molar-refractivity contribution in [1.82, 2.24) is 9.80 Å². The lowest BCUT2D eigenvalue weighted by Gasteiger charge is -2.46. The van der Waals surface area contributed by atoms with Crippen LogP contribution >= 0.6 is 0 Å². The zero-order valence-corrected chi connectivity index (χ0v) is 23.5. The van der Waals surface area contributed by atoms with Gasteiger partial charge in [-0.25, -0.2) is 8.42 Å². The highest BCUT2D eigenvalue weighted by atomic mass is 32.2. The summed E-state index contributed by atoms with van der Waals surface area (Å²) in [4.78, 5) is 17.8. The number of hydrogen-bond donors (Lipinski definition) is 0. The van der Waals surface area contributed by atoms with E-state index in [1.807, 2.05) is 0 Å². The number of hydrogen-bond acceptors (Lipinski definition) is 4. The molecule has 0 N–H and O–H groups in total. The molecule has 1 saturated carbocycles. The van der Waals surface area contributed by atoms with Crippen molar-refractivity contribution in [3.05, 3.63) is 71.8 Å². The maximum Gasteiger partial charge on any atom is 0.416 e. The second-order valence-electron chi connectivity index (χ2n) is 10.8. The van der Waals surface area contributed by atoms with E-state index in [1.54, 1.807) is 41.3 Å². The molecule has 9 heteroatoms. The van der Waals surface area contributed by atoms with Gasteiger partial charge in [0.1, 0.15) is 0 Å². The van der Waals surface area contributed by atoms with Crippen LogP contribution in [0.4, 0.5) is 13.2 Å². The van der Waals surface area contributed by atoms with Crippen LogP contribution in [0.1, 0.15) is 57.6 Å². The lowest BCUT2D eigenvalue weighted by molar-refractivity contribution is -0.137. The van der Waals surface area contributed by atoms with Gasteiger partial charge in [0.05, 0.1) is 16.2 Å². The molecule has 1 aliphatic heterocycles. The zero-order valence-electron chi connectivity index (χ0n) is 22.7. The van der Waals surface area contributed by atoms with Crippen LogP contribution in [0.15, 0.2) is 65.6 Å². The third-order valence-electron chi connectivity index (χ3n) is 8.11. The molecule has 0 unspecified atom stereocenters. The standard InChI is InChI=1S/C30H37F3N2O3S/c1-4-34(21(2)3)26-13-14-28(24(18-26)20-39(37,38)27-11-6-5-7-12-27)35-16-15-23(19-29(35)36)22-9-8-10-25(17-22)30(31,32)33/h5-12,17,19,21,24,26,28H,4,13-16,18,20H2,1-3H3/t24-,26+,28-/m0/s1. The molecule has 2 aliphatic rings. The van der Waals surface area contributed by atoms with Gasteiger partial charge in [-0.1, -0.05) is 37.3 Å². The van der Waals surface area contributed by atoms with Crippen molar-refractivity contribution in [3.8, 4) is 0 Å². The van der Waals surface area contributed by atoms with E-state index in [2.05, 4.69) is 25.7 Å². The highest BCUT2D eigenvalue weighted by Gasteiger charge is 2.41. The number of halogens is 3. The molecule has 1 fully saturated rings. The molecule has 4 rings (SSSR count). The molecule has 2 aromatic carbocycles. The highest BCUT2D eigenvalue weighted by Crippen LogP contribution is 2.37. The third kappa shape index (κ3) is 6.74. The molecule has 1 amide bonds. The Bertz CT molecular complexity index is 1290. The van der Waals surface area contributed by atoms with Gasteiger partial charge in [0.2, 0.25) is 5.91 Å². The van der Waals surface area contributed by atoms with E-state index in [1.165, 1.54) is 12.1 Å². The smallest absolute Gasteiger partial charge is 0.336 e. The van der Waals surface area contributed by atoms with Gasteiger partial charge in [0, 0.05) is 30.7 Å². The van der Waals surface area contributed by atoms with Gasteiger partial charge in [-0.15, -0.1) is 0 Å². The second kappa shape index (κ2) is 11.8. The summed E-state index contributed by atoms with van der Waals surface area (Å²) in [6.45, 7) is 7.59. The van der Waals surface area contributed by atoms with Gasteiger partial charge < -0.3 is 4.90 Å². The lowest BCUT2D eigenvalue weighted by atomic mass is 9.80. The Labute approximate surface area is 229 Å². The molecule has 0 spiro atoms. The molecule has 0 saturated heterocycles. The SMILES string of the molecule is CCN(C(C)C)[C@@H]1CC[C@H](N2CCC(c3cccc(C(F)(F)F)c3)=CC2=O)[C@H](CS(=O)(=O)c2ccccc2)C1. The topological polar surface area (TPSA) is 57.7 Å². The Morgan fingerprint density at radius 2 is 1.77 bits per heavy atom. The fourth-order valence-corrected chi connectivity index (χ4v) is 7.96. The summed E-state index contributed by atoms with van der Waals surface area (Å²) in [6, 6.07) is 13.7. The van der Waals surface area contributed by atoms with E-state index < -0.39 is 21.6 Å². The van der Waals surface area contributed by atoms with E-state index in [4.69, 9.17) is 0 Å². The molecule has 0 radical (unpaired) electrons. The second-order valence-corrected chi connectivity index (χ2v) is 12.9. The zero-order chi connectivity index (χ0) is 28.4. The van der Waals surface area contributed by atoms with Gasteiger partial charge >= 0.3 is 6.18 Å². The minimum absolute atomic E-state index is 0.0538. The van der Waals surface area contributed by atoms with Crippen molar-refractivity contribution in [2.24, 2.45) is 5.92 Å². The summed E-state index contributed by atoms with van der Waals surface area (Å²) in [5.41, 5.74) is 0.215. The summed E-state index contributed by atoms with van der Waals surface area (Å²) >= 11 is 0. The number of amides is 1. The summed E-state index contributed by atoms with van der Waals surface area (Å²) < 4.78 is 66.5. The van der Waals surface area contributed by atoms with Crippen LogP contribution in [0, 0.1) is 5.92 Å². The maximum absolute atomic E-state index is 13.4. The third-order valence-corrected chi connectivity index (χ3v) is 9.97. The van der Waals surface area contributed by atoms with E-state index in [9.17, 15) is 26.4 Å². The first-order chi connectivity index (χ1) is 18.4. The Morgan fingerprint density at radius 1 is 1.05 bits per heavy atom. The van der Waals surface area contributed by atoms with Gasteiger partial charge in [-0.05, 0) is 87.4 Å². The summed E-state index contributed by atoms with van der Waals surface area (Å²) in [5, 5.41) is 0. The van der Waals surface area contributed by atoms with Crippen LogP contribution in [0.25, 0.3) is 5.57 Å². The van der Waals surface area contributed by atoms with Crippen molar-refractivity contribution in [2.45, 2.75) is 75.7 Å². The first-order valence-corrected chi connectivity index (χ1v) is 15.3. The highest BCUT2D eigenvalue weighted by molar-refractivity contribution is 7.91. The monoisotopic (exact) mass is 562 g/mol. The molecule has 1 aliphatic carbocycles. The van der Waals surface area contributed by atoms with Gasteiger partial charge in [-0.2, -0.15) is 13.2 Å². The van der Waals surface area contributed by atoms with E-state index in [0.29, 0.717) is 43.0 Å². The molecule has 5 nitrogen and oxygen atoms in total. The molecular weight excluding hydrogens is 525 g/mol. The van der Waals surface area contributed by atoms with Crippen LogP contribution in [-0.4, -0.2) is 61.1 Å². The van der Waals surface area contributed by atoms with Crippen LogP contribution in [0.3, 0.4) is 0 Å². The van der Waals surface area contributed by atoms with Crippen molar-refractivity contribution >= 4 is 21.3 Å². The number of benzene rings is 2. The molecule has 3 atom stereocenters. The Hall–Kier alpha value is -2.65. The summed E-state index contributed by atoms with van der Waals surface area (Å²) in [6.07, 6.45) is -0.414. The van der Waals surface area contributed by atoms with Crippen molar-refractivity contribution in [3.63, 3.8) is 0 Å². The van der Waals surface area contributed by atoms with Crippen LogP contribution in [0.5, 0.6) is 0 Å². The van der Waals surface area contributed by atoms with Crippen LogP contribution in [-0.2, 0) is 20.8 Å². The van der Waals surface area contributed by atoms with Crippen molar-refractivity contribution < 1.29 is 26.4 Å². The molecule has 2 aromatic rings. The van der Waals surface area contributed by atoms with Gasteiger partial charge in [0.25, 0.3) is 0 Å². The average Bonchev–Trinajstić information content (AvgIpc) is 2.89. The maximum atomic E-state index is 13.4. The number of carbonyl (C=O) groups excluding carboxylic acids is 1. The molecular formula is C30H37F3N2O3S. The minimum Gasteiger partial charge on any atom is -0.336 e. The largest absolute Gasteiger partial charge is 0.416 e. The lowest BCUT2D eigenvalue weighted by Crippen LogP contribution is -2.54. The number of carbonyl (C=O) groups is 1. The molecule has 39 heavy (non-hydrogen) atoms. The normalized spacial score (nSPS) is 22.9. The molecule has 1 heterocycles. The quantitative estimate of drug-likeness (QED) is 0.392.